The summed E-state index contributed by atoms with van der Waals surface area (Å²) in [6.45, 7) is 3.99. The SMILES string of the molecule is C=C[C@H]1C[C@]1(NC(=O)[C@@H]1C[C@@H]2CN1C(=O)[C@H](C1CCCC1)NC(=O)OCCCCCc1cc3c(nccc3cc1OC)O2)C(=O)NS(=O)(=O)C1CC1. The third-order valence-corrected chi connectivity index (χ3v) is 13.1. The van der Waals surface area contributed by atoms with Crippen molar-refractivity contribution in [3.05, 3.63) is 42.6 Å². The molecule has 4 amide bonds. The number of aryl methyl sites for hydroxylation is 1. The molecule has 7 rings (SSSR count). The average Bonchev–Trinajstić information content (AvgIpc) is 4.00. The van der Waals surface area contributed by atoms with Crippen molar-refractivity contribution in [2.45, 2.75) is 106 Å². The number of aromatic nitrogens is 1. The molecule has 52 heavy (non-hydrogen) atoms. The number of carbonyl (C=O) groups excluding carboxylic acids is 4. The Labute approximate surface area is 303 Å². The Kier molecular flexibility index (Phi) is 10.1. The van der Waals surface area contributed by atoms with E-state index in [-0.39, 0.29) is 31.9 Å². The van der Waals surface area contributed by atoms with Crippen molar-refractivity contribution in [1.29, 1.82) is 0 Å². The molecular weight excluding hydrogens is 691 g/mol. The Bertz CT molecular complexity index is 1860. The number of fused-ring (bicyclic) bond motifs is 3. The van der Waals surface area contributed by atoms with Crippen LogP contribution in [0.5, 0.6) is 11.6 Å². The lowest BCUT2D eigenvalue weighted by Crippen LogP contribution is -2.59. The van der Waals surface area contributed by atoms with Crippen LogP contribution in [-0.2, 0) is 35.6 Å². The Balaban J connectivity index is 1.21. The van der Waals surface area contributed by atoms with Gasteiger partial charge in [-0.25, -0.2) is 18.2 Å². The van der Waals surface area contributed by atoms with Gasteiger partial charge >= 0.3 is 6.09 Å². The number of cyclic esters (lactones) is 1. The monoisotopic (exact) mass is 737 g/mol. The van der Waals surface area contributed by atoms with Crippen LogP contribution in [0.4, 0.5) is 4.79 Å². The van der Waals surface area contributed by atoms with Gasteiger partial charge in [0.05, 0.1) is 25.5 Å². The number of hydrogen-bond donors (Lipinski definition) is 3. The first-order chi connectivity index (χ1) is 25.0. The molecule has 3 N–H and O–H groups in total. The molecule has 0 radical (unpaired) electrons. The van der Waals surface area contributed by atoms with Crippen LogP contribution in [0.3, 0.4) is 0 Å². The van der Waals surface area contributed by atoms with E-state index in [0.717, 1.165) is 67.0 Å². The summed E-state index contributed by atoms with van der Waals surface area (Å²) in [6.07, 6.45) is 9.24. The van der Waals surface area contributed by atoms with Crippen LogP contribution in [0, 0.1) is 11.8 Å². The van der Waals surface area contributed by atoms with Gasteiger partial charge in [-0.05, 0) is 92.9 Å². The predicted molar refractivity (Wildman–Crippen MR) is 190 cm³/mol. The van der Waals surface area contributed by atoms with Gasteiger partial charge < -0.3 is 29.7 Å². The molecule has 5 aliphatic rings. The number of nitrogens with one attached hydrogen (secondary N) is 3. The van der Waals surface area contributed by atoms with Crippen LogP contribution in [0.25, 0.3) is 10.8 Å². The second-order valence-electron chi connectivity index (χ2n) is 14.8. The zero-order valence-electron chi connectivity index (χ0n) is 29.4. The van der Waals surface area contributed by atoms with Crippen molar-refractivity contribution < 1.29 is 41.8 Å². The Hall–Kier alpha value is -4.40. The standard InChI is InChI=1S/C37H47N5O9S/c1-3-25-20-37(25,35(45)41-52(47,48)27-12-13-27)40-32(43)29-19-26-21-42(29)34(44)31(22-9-6-7-10-22)39-36(46)50-16-8-4-5-11-24-17-28-23(18-30(24)49-2)14-15-38-33(28)51-26/h3,14-15,17-18,22,25-27,29,31H,1,4-13,16,19-21H2,2H3,(H,39,46)(H,40,43)(H,41,45)/t25-,26+,29-,31-,37+/m0/s1. The fourth-order valence-electron chi connectivity index (χ4n) is 8.03. The highest BCUT2D eigenvalue weighted by atomic mass is 32.2. The number of sulfonamides is 1. The molecule has 4 bridgehead atoms. The second kappa shape index (κ2) is 14.6. The second-order valence-corrected chi connectivity index (χ2v) is 16.7. The molecule has 0 spiro atoms. The van der Waals surface area contributed by atoms with Crippen LogP contribution >= 0.6 is 0 Å². The van der Waals surface area contributed by atoms with E-state index >= 15 is 0 Å². The quantitative estimate of drug-likeness (QED) is 0.340. The third-order valence-electron chi connectivity index (χ3n) is 11.2. The van der Waals surface area contributed by atoms with Crippen LogP contribution < -0.4 is 24.8 Å². The van der Waals surface area contributed by atoms with Gasteiger partial charge in [0.15, 0.2) is 0 Å². The molecule has 280 valence electrons. The molecule has 1 saturated heterocycles. The molecule has 2 aliphatic heterocycles. The van der Waals surface area contributed by atoms with Crippen molar-refractivity contribution in [1.82, 2.24) is 25.2 Å². The average molecular weight is 738 g/mol. The van der Waals surface area contributed by atoms with Crippen LogP contribution in [0.2, 0.25) is 0 Å². The number of nitrogens with zero attached hydrogens (tertiary/aromatic N) is 2. The first-order valence-electron chi connectivity index (χ1n) is 18.4. The van der Waals surface area contributed by atoms with E-state index in [4.69, 9.17) is 14.2 Å². The number of benzene rings is 1. The largest absolute Gasteiger partial charge is 0.496 e. The molecule has 3 saturated carbocycles. The Morgan fingerprint density at radius 1 is 1.12 bits per heavy atom. The lowest BCUT2D eigenvalue weighted by molar-refractivity contribution is -0.142. The smallest absolute Gasteiger partial charge is 0.407 e. The van der Waals surface area contributed by atoms with Crippen molar-refractivity contribution in [2.24, 2.45) is 11.8 Å². The maximum absolute atomic E-state index is 14.6. The summed E-state index contributed by atoms with van der Waals surface area (Å²) in [4.78, 5) is 61.4. The lowest BCUT2D eigenvalue weighted by atomic mass is 9.96. The number of ether oxygens (including phenoxy) is 3. The van der Waals surface area contributed by atoms with Crippen LogP contribution in [0.1, 0.15) is 76.2 Å². The van der Waals surface area contributed by atoms with E-state index < -0.39 is 68.7 Å². The fraction of sp³-hybridized carbons (Fsp3) is 0.595. The van der Waals surface area contributed by atoms with E-state index in [1.165, 1.54) is 11.0 Å². The zero-order chi connectivity index (χ0) is 36.6. The summed E-state index contributed by atoms with van der Waals surface area (Å²) in [7, 11) is -2.26. The topological polar surface area (TPSA) is 182 Å². The minimum absolute atomic E-state index is 0.0120. The van der Waals surface area contributed by atoms with Gasteiger partial charge in [-0.3, -0.25) is 19.1 Å². The molecule has 2 aromatic rings. The highest BCUT2D eigenvalue weighted by molar-refractivity contribution is 7.91. The van der Waals surface area contributed by atoms with Crippen LogP contribution in [0.15, 0.2) is 37.1 Å². The highest BCUT2D eigenvalue weighted by Gasteiger charge is 2.62. The van der Waals surface area contributed by atoms with Crippen molar-refractivity contribution >= 4 is 44.6 Å². The first kappa shape index (κ1) is 36.0. The van der Waals surface area contributed by atoms with Gasteiger partial charge in [0.25, 0.3) is 5.91 Å². The molecule has 3 aliphatic carbocycles. The number of hydrogen-bond acceptors (Lipinski definition) is 10. The van der Waals surface area contributed by atoms with Crippen molar-refractivity contribution in [3.63, 3.8) is 0 Å². The molecule has 15 heteroatoms. The summed E-state index contributed by atoms with van der Waals surface area (Å²) in [6, 6.07) is 3.78. The van der Waals surface area contributed by atoms with E-state index in [1.807, 2.05) is 18.2 Å². The number of carbonyl (C=O) groups is 4. The summed E-state index contributed by atoms with van der Waals surface area (Å²) >= 11 is 0. The van der Waals surface area contributed by atoms with Gasteiger partial charge in [-0.2, -0.15) is 0 Å². The highest BCUT2D eigenvalue weighted by Crippen LogP contribution is 2.46. The summed E-state index contributed by atoms with van der Waals surface area (Å²) in [5.41, 5.74) is -0.554. The minimum Gasteiger partial charge on any atom is -0.496 e. The lowest BCUT2D eigenvalue weighted by Gasteiger charge is -2.32. The van der Waals surface area contributed by atoms with Gasteiger partial charge in [-0.1, -0.05) is 18.9 Å². The molecule has 3 heterocycles. The molecule has 1 aromatic heterocycles. The number of rotatable bonds is 8. The Morgan fingerprint density at radius 2 is 1.90 bits per heavy atom. The molecule has 1 aromatic carbocycles. The molecule has 5 atom stereocenters. The first-order valence-corrected chi connectivity index (χ1v) is 19.9. The zero-order valence-corrected chi connectivity index (χ0v) is 30.3. The minimum atomic E-state index is -3.88. The van der Waals surface area contributed by atoms with Gasteiger partial charge in [0, 0.05) is 23.9 Å². The molecule has 4 fully saturated rings. The van der Waals surface area contributed by atoms with E-state index in [2.05, 4.69) is 26.9 Å². The summed E-state index contributed by atoms with van der Waals surface area (Å²) in [5, 5.41) is 6.65. The molecule has 0 unspecified atom stereocenters. The third kappa shape index (κ3) is 7.28. The van der Waals surface area contributed by atoms with Gasteiger partial charge in [0.2, 0.25) is 27.7 Å². The molecular formula is C37H47N5O9S. The maximum Gasteiger partial charge on any atom is 0.407 e. The number of alkyl carbamates (subject to hydrolysis) is 1. The van der Waals surface area contributed by atoms with E-state index in [9.17, 15) is 27.6 Å². The summed E-state index contributed by atoms with van der Waals surface area (Å²) in [5.74, 6) is -1.45. The van der Waals surface area contributed by atoms with E-state index in [0.29, 0.717) is 25.1 Å². The van der Waals surface area contributed by atoms with E-state index in [1.54, 1.807) is 13.3 Å². The maximum atomic E-state index is 14.6. The number of methoxy groups -OCH3 is 1. The van der Waals surface area contributed by atoms with Gasteiger partial charge in [-0.15, -0.1) is 6.58 Å². The fourth-order valence-corrected chi connectivity index (χ4v) is 9.39. The van der Waals surface area contributed by atoms with Crippen LogP contribution in [-0.4, -0.2) is 91.4 Å². The van der Waals surface area contributed by atoms with Gasteiger partial charge in [0.1, 0.15) is 29.5 Å². The number of amides is 4. The molecule has 14 nitrogen and oxygen atoms in total. The van der Waals surface area contributed by atoms with Crippen molar-refractivity contribution in [2.75, 3.05) is 20.3 Å². The normalized spacial score (nSPS) is 28.6. The van der Waals surface area contributed by atoms with Crippen molar-refractivity contribution in [3.8, 4) is 11.6 Å². The number of pyridine rings is 1. The predicted octanol–water partition coefficient (Wildman–Crippen LogP) is 3.27. The Morgan fingerprint density at radius 3 is 2.62 bits per heavy atom. The summed E-state index contributed by atoms with van der Waals surface area (Å²) < 4.78 is 45.3.